The van der Waals surface area contributed by atoms with Crippen molar-refractivity contribution in [1.29, 1.82) is 0 Å². The summed E-state index contributed by atoms with van der Waals surface area (Å²) in [5.41, 5.74) is 2.76. The normalized spacial score (nSPS) is 22.4. The molecule has 3 aromatic rings. The van der Waals surface area contributed by atoms with E-state index in [1.807, 2.05) is 43.3 Å². The highest BCUT2D eigenvalue weighted by Crippen LogP contribution is 2.48. The van der Waals surface area contributed by atoms with E-state index in [2.05, 4.69) is 18.0 Å². The van der Waals surface area contributed by atoms with Gasteiger partial charge in [0.25, 0.3) is 5.91 Å². The fraction of sp³-hybridized carbons (Fsp3) is 0.385. The second-order valence-corrected chi connectivity index (χ2v) is 9.01. The third-order valence-corrected chi connectivity index (χ3v) is 6.97. The molecule has 0 bridgehead atoms. The molecule has 1 saturated heterocycles. The number of carbonyl (C=O) groups is 2. The molecule has 172 valence electrons. The number of hydrogen-bond donors (Lipinski definition) is 1. The summed E-state index contributed by atoms with van der Waals surface area (Å²) in [6.45, 7) is 5.04. The topological polar surface area (TPSA) is 74.9 Å². The number of para-hydroxylation sites is 1. The Labute approximate surface area is 193 Å². The molecule has 0 spiro atoms. The number of benzene rings is 2. The van der Waals surface area contributed by atoms with E-state index in [-0.39, 0.29) is 24.3 Å². The average molecular weight is 448 g/mol. The van der Waals surface area contributed by atoms with Crippen LogP contribution in [-0.2, 0) is 15.1 Å². The molecule has 7 heteroatoms. The van der Waals surface area contributed by atoms with Gasteiger partial charge in [0.1, 0.15) is 0 Å². The first-order valence-electron chi connectivity index (χ1n) is 11.4. The van der Waals surface area contributed by atoms with E-state index >= 15 is 0 Å². The molecule has 2 aliphatic rings. The summed E-state index contributed by atoms with van der Waals surface area (Å²) < 4.78 is 11.5. The van der Waals surface area contributed by atoms with Gasteiger partial charge in [0.2, 0.25) is 5.91 Å². The van der Waals surface area contributed by atoms with Gasteiger partial charge in [0.15, 0.2) is 17.0 Å². The van der Waals surface area contributed by atoms with Crippen molar-refractivity contribution in [3.05, 3.63) is 59.3 Å². The van der Waals surface area contributed by atoms with Crippen LogP contribution in [0.2, 0.25) is 0 Å². The van der Waals surface area contributed by atoms with Crippen LogP contribution in [0.4, 0.5) is 0 Å². The highest BCUT2D eigenvalue weighted by Gasteiger charge is 2.55. The van der Waals surface area contributed by atoms with Gasteiger partial charge in [-0.15, -0.1) is 0 Å². The Morgan fingerprint density at radius 1 is 1.15 bits per heavy atom. The first-order valence-corrected chi connectivity index (χ1v) is 11.4. The van der Waals surface area contributed by atoms with E-state index in [0.717, 1.165) is 34.1 Å². The number of nitrogens with one attached hydrogen (secondary N) is 1. The molecule has 0 aliphatic carbocycles. The summed E-state index contributed by atoms with van der Waals surface area (Å²) in [7, 11) is 3.33. The zero-order valence-corrected chi connectivity index (χ0v) is 19.5. The highest BCUT2D eigenvalue weighted by atomic mass is 16.5. The second-order valence-electron chi connectivity index (χ2n) is 9.01. The molecule has 1 N–H and O–H groups in total. The fourth-order valence-electron chi connectivity index (χ4n) is 5.31. The molecule has 0 unspecified atom stereocenters. The van der Waals surface area contributed by atoms with Gasteiger partial charge in [-0.25, -0.2) is 0 Å². The third-order valence-electron chi connectivity index (χ3n) is 6.97. The van der Waals surface area contributed by atoms with Crippen LogP contribution < -0.4 is 9.47 Å². The van der Waals surface area contributed by atoms with Gasteiger partial charge in [-0.3, -0.25) is 9.59 Å². The van der Waals surface area contributed by atoms with Crippen molar-refractivity contribution in [2.24, 2.45) is 0 Å². The Balaban J connectivity index is 1.71. The largest absolute Gasteiger partial charge is 0.493 e. The molecule has 2 aromatic carbocycles. The monoisotopic (exact) mass is 447 g/mol. The lowest BCUT2D eigenvalue weighted by atomic mass is 9.76. The summed E-state index contributed by atoms with van der Waals surface area (Å²) in [4.78, 5) is 33.4. The maximum absolute atomic E-state index is 13.4. The minimum atomic E-state index is -1.07. The van der Waals surface area contributed by atoms with Crippen molar-refractivity contribution in [1.82, 2.24) is 14.8 Å². The fourth-order valence-corrected chi connectivity index (χ4v) is 5.31. The molecule has 2 aliphatic heterocycles. The van der Waals surface area contributed by atoms with E-state index in [0.29, 0.717) is 24.7 Å². The van der Waals surface area contributed by atoms with Gasteiger partial charge >= 0.3 is 0 Å². The quantitative estimate of drug-likeness (QED) is 0.648. The van der Waals surface area contributed by atoms with Crippen molar-refractivity contribution in [2.45, 2.75) is 31.7 Å². The molecule has 7 nitrogen and oxygen atoms in total. The number of aromatic nitrogens is 1. The summed E-state index contributed by atoms with van der Waals surface area (Å²) in [6, 6.07) is 14.0. The van der Waals surface area contributed by atoms with Crippen molar-refractivity contribution in [3.63, 3.8) is 0 Å². The van der Waals surface area contributed by atoms with Crippen LogP contribution in [0.3, 0.4) is 0 Å². The van der Waals surface area contributed by atoms with E-state index < -0.39 is 5.54 Å². The van der Waals surface area contributed by atoms with Crippen LogP contribution >= 0.6 is 0 Å². The molecule has 1 fully saturated rings. The Morgan fingerprint density at radius 2 is 1.94 bits per heavy atom. The van der Waals surface area contributed by atoms with Crippen molar-refractivity contribution in [2.75, 3.05) is 33.9 Å². The first kappa shape index (κ1) is 21.4. The number of piperazine rings is 1. The van der Waals surface area contributed by atoms with Crippen LogP contribution in [0.25, 0.3) is 10.9 Å². The predicted octanol–water partition coefficient (Wildman–Crippen LogP) is 3.63. The van der Waals surface area contributed by atoms with Gasteiger partial charge in [0, 0.05) is 30.4 Å². The summed E-state index contributed by atoms with van der Waals surface area (Å²) in [6.07, 6.45) is 0.907. The number of fused-ring (bicyclic) bond motifs is 5. The molecule has 33 heavy (non-hydrogen) atoms. The average Bonchev–Trinajstić information content (AvgIpc) is 3.22. The number of nitrogens with zero attached hydrogens (tertiary/aromatic N) is 2. The Bertz CT molecular complexity index is 1250. The van der Waals surface area contributed by atoms with E-state index in [1.165, 1.54) is 4.90 Å². The summed E-state index contributed by atoms with van der Waals surface area (Å²) >= 11 is 0. The number of H-pyrrole nitrogens is 1. The zero-order valence-electron chi connectivity index (χ0n) is 19.5. The van der Waals surface area contributed by atoms with Gasteiger partial charge in [-0.2, -0.15) is 0 Å². The molecule has 1 aromatic heterocycles. The number of amides is 2. The predicted molar refractivity (Wildman–Crippen MR) is 126 cm³/mol. The number of methoxy groups -OCH3 is 1. The van der Waals surface area contributed by atoms with Crippen LogP contribution in [0.1, 0.15) is 43.0 Å². The highest BCUT2D eigenvalue weighted by molar-refractivity contribution is 6.01. The lowest BCUT2D eigenvalue weighted by molar-refractivity contribution is -0.164. The van der Waals surface area contributed by atoms with Crippen LogP contribution in [-0.4, -0.2) is 60.5 Å². The number of carbonyl (C=O) groups excluding carboxylic acids is 2. The second kappa shape index (κ2) is 7.83. The lowest BCUT2D eigenvalue weighted by Gasteiger charge is -2.50. The van der Waals surface area contributed by atoms with Crippen molar-refractivity contribution in [3.8, 4) is 11.5 Å². The molecule has 0 saturated carbocycles. The van der Waals surface area contributed by atoms with E-state index in [4.69, 9.17) is 9.47 Å². The van der Waals surface area contributed by atoms with Gasteiger partial charge in [-0.1, -0.05) is 31.2 Å². The molecular weight excluding hydrogens is 418 g/mol. The maximum Gasteiger partial charge on any atom is 0.254 e. The Hall–Kier alpha value is -3.48. The van der Waals surface area contributed by atoms with Crippen LogP contribution in [0.15, 0.2) is 42.5 Å². The third kappa shape index (κ3) is 3.09. The molecule has 3 heterocycles. The van der Waals surface area contributed by atoms with E-state index in [9.17, 15) is 9.59 Å². The molecule has 0 radical (unpaired) electrons. The number of hydrogen-bond acceptors (Lipinski definition) is 4. The minimum absolute atomic E-state index is 0.0521. The van der Waals surface area contributed by atoms with Gasteiger partial charge in [-0.05, 0) is 42.7 Å². The standard InChI is InChI=1S/C26H29N3O4/c1-5-12-33-20-11-10-16(13-21(20)32-4)18-14-29-22(30)15-28(3)25(31)26(29,2)24-23(18)17-8-6-7-9-19(17)27-24/h6-11,13,18,27H,5,12,14-15H2,1-4H3/t18-,26-/m0/s1. The molecule has 2 atom stereocenters. The number of rotatable bonds is 5. The van der Waals surface area contributed by atoms with E-state index in [1.54, 1.807) is 19.1 Å². The molecule has 5 rings (SSSR count). The van der Waals surface area contributed by atoms with Crippen molar-refractivity contribution >= 4 is 22.7 Å². The number of aromatic amines is 1. The van der Waals surface area contributed by atoms with Gasteiger partial charge < -0.3 is 24.3 Å². The summed E-state index contributed by atoms with van der Waals surface area (Å²) in [5, 5.41) is 1.07. The first-order chi connectivity index (χ1) is 15.9. The number of likely N-dealkylation sites (N-methyl/N-ethyl adjacent to an activating group) is 1. The Morgan fingerprint density at radius 3 is 2.70 bits per heavy atom. The summed E-state index contributed by atoms with van der Waals surface area (Å²) in [5.74, 6) is 1.13. The molecular formula is C26H29N3O4. The maximum atomic E-state index is 13.4. The van der Waals surface area contributed by atoms with Crippen LogP contribution in [0.5, 0.6) is 11.5 Å². The lowest BCUT2D eigenvalue weighted by Crippen LogP contribution is -2.66. The Kier molecular flexibility index (Phi) is 5.07. The van der Waals surface area contributed by atoms with Crippen molar-refractivity contribution < 1.29 is 19.1 Å². The minimum Gasteiger partial charge on any atom is -0.493 e. The number of ether oxygens (including phenoxy) is 2. The SMILES string of the molecule is CCCOc1ccc([C@@H]2CN3C(=O)CN(C)C(=O)[C@]3(C)c3[nH]c4ccccc4c32)cc1OC. The smallest absolute Gasteiger partial charge is 0.254 e. The van der Waals surface area contributed by atoms with Crippen LogP contribution in [0, 0.1) is 0 Å². The molecule has 2 amide bonds. The zero-order chi connectivity index (χ0) is 23.3. The van der Waals surface area contributed by atoms with Gasteiger partial charge in [0.05, 0.1) is 26.0 Å².